The number of esters is 2. The zero-order valence-corrected chi connectivity index (χ0v) is 49.0. The van der Waals surface area contributed by atoms with Crippen LogP contribution < -0.4 is 0 Å². The van der Waals surface area contributed by atoms with Gasteiger partial charge in [0, 0.05) is 12.8 Å². The van der Waals surface area contributed by atoms with E-state index >= 15 is 0 Å². The molecule has 0 rings (SSSR count). The van der Waals surface area contributed by atoms with Gasteiger partial charge < -0.3 is 28.5 Å². The average Bonchev–Trinajstić information content (AvgIpc) is 3.40. The Hall–Kier alpha value is -5.09. The molecule has 0 fully saturated rings. The molecule has 0 bridgehead atoms. The van der Waals surface area contributed by atoms with Gasteiger partial charge in [-0.15, -0.1) is 0 Å². The third-order valence-corrected chi connectivity index (χ3v) is 11.8. The van der Waals surface area contributed by atoms with E-state index in [1.54, 1.807) is 0 Å². The van der Waals surface area contributed by atoms with Crippen LogP contribution in [0.5, 0.6) is 0 Å². The smallest absolute Gasteiger partial charge is 0.361 e. The normalized spacial score (nSPS) is 13.9. The van der Waals surface area contributed by atoms with Crippen molar-refractivity contribution in [2.45, 2.75) is 206 Å². The van der Waals surface area contributed by atoms with Crippen LogP contribution in [0.2, 0.25) is 0 Å². The highest BCUT2D eigenvalue weighted by Crippen LogP contribution is 2.13. The summed E-state index contributed by atoms with van der Waals surface area (Å²) in [6, 6.07) is 0. The molecule has 0 saturated carbocycles. The van der Waals surface area contributed by atoms with Crippen molar-refractivity contribution in [2.24, 2.45) is 0 Å². The summed E-state index contributed by atoms with van der Waals surface area (Å²) in [6.45, 7) is 4.58. The number of hydrogen-bond donors (Lipinski definition) is 1. The number of carbonyl (C=O) groups is 3. The van der Waals surface area contributed by atoms with Crippen LogP contribution in [0.15, 0.2) is 158 Å². The van der Waals surface area contributed by atoms with Crippen LogP contribution in [0.4, 0.5) is 0 Å². The number of quaternary nitrogens is 1. The Bertz CT molecular complexity index is 1810. The zero-order chi connectivity index (χ0) is 56.2. The van der Waals surface area contributed by atoms with Crippen molar-refractivity contribution >= 4 is 17.9 Å². The fourth-order valence-corrected chi connectivity index (χ4v) is 7.29. The van der Waals surface area contributed by atoms with Crippen molar-refractivity contribution in [3.8, 4) is 0 Å². The number of nitrogens with zero attached hydrogens (tertiary/aromatic N) is 1. The zero-order valence-electron chi connectivity index (χ0n) is 49.0. The number of carboxylic acids is 1. The molecule has 1 N–H and O–H groups in total. The third-order valence-electron chi connectivity index (χ3n) is 11.8. The molecular formula is C68H108NO8+. The number of rotatable bonds is 52. The number of hydrogen-bond acceptors (Lipinski definition) is 7. The van der Waals surface area contributed by atoms with Gasteiger partial charge >= 0.3 is 17.9 Å². The van der Waals surface area contributed by atoms with Crippen LogP contribution in [-0.2, 0) is 33.3 Å². The van der Waals surface area contributed by atoms with Gasteiger partial charge in [-0.05, 0) is 122 Å². The summed E-state index contributed by atoms with van der Waals surface area (Å²) in [5.41, 5.74) is 0. The second-order valence-corrected chi connectivity index (χ2v) is 20.2. The van der Waals surface area contributed by atoms with E-state index in [0.717, 1.165) is 161 Å². The molecule has 0 radical (unpaired) electrons. The van der Waals surface area contributed by atoms with Gasteiger partial charge in [-0.1, -0.05) is 217 Å². The minimum Gasteiger partial charge on any atom is -0.477 e. The maximum absolute atomic E-state index is 12.9. The van der Waals surface area contributed by atoms with Crippen molar-refractivity contribution in [3.05, 3.63) is 158 Å². The predicted molar refractivity (Wildman–Crippen MR) is 327 cm³/mol. The van der Waals surface area contributed by atoms with Crippen molar-refractivity contribution in [2.75, 3.05) is 47.5 Å². The molecule has 0 aliphatic rings. The van der Waals surface area contributed by atoms with E-state index in [1.807, 2.05) is 21.1 Å². The summed E-state index contributed by atoms with van der Waals surface area (Å²) < 4.78 is 22.8. The van der Waals surface area contributed by atoms with Gasteiger partial charge in [0.2, 0.25) is 0 Å². The fraction of sp³-hybridized carbons (Fsp3) is 0.574. The summed E-state index contributed by atoms with van der Waals surface area (Å²) in [7, 11) is 5.94. The molecule has 2 unspecified atom stereocenters. The number of carbonyl (C=O) groups excluding carboxylic acids is 2. The first-order chi connectivity index (χ1) is 37.6. The van der Waals surface area contributed by atoms with Gasteiger partial charge in [0.1, 0.15) is 13.2 Å². The summed E-state index contributed by atoms with van der Waals surface area (Å²) in [5.74, 6) is -2.07. The second kappa shape index (κ2) is 57.1. The molecule has 0 aliphatic carbocycles. The molecule has 77 heavy (non-hydrogen) atoms. The van der Waals surface area contributed by atoms with Crippen LogP contribution in [-0.4, -0.2) is 87.4 Å². The Morgan fingerprint density at radius 3 is 1.04 bits per heavy atom. The maximum atomic E-state index is 12.9. The highest BCUT2D eigenvalue weighted by atomic mass is 16.7. The molecule has 0 saturated heterocycles. The summed E-state index contributed by atoms with van der Waals surface area (Å²) in [5, 5.41) is 9.71. The lowest BCUT2D eigenvalue weighted by atomic mass is 10.1. The lowest BCUT2D eigenvalue weighted by Gasteiger charge is -2.25. The Balaban J connectivity index is 4.38. The number of carboxylic acid groups (broad SMARTS) is 1. The number of aliphatic carboxylic acids is 1. The summed E-state index contributed by atoms with van der Waals surface area (Å²) >= 11 is 0. The van der Waals surface area contributed by atoms with E-state index in [-0.39, 0.29) is 38.6 Å². The molecule has 432 valence electrons. The molecule has 0 aromatic heterocycles. The molecule has 0 spiro atoms. The molecule has 9 nitrogen and oxygen atoms in total. The second-order valence-electron chi connectivity index (χ2n) is 20.2. The Kier molecular flexibility index (Phi) is 53.3. The summed E-state index contributed by atoms with van der Waals surface area (Å²) in [6.07, 6.45) is 81.7. The predicted octanol–water partition coefficient (Wildman–Crippen LogP) is 17.8. The van der Waals surface area contributed by atoms with Crippen molar-refractivity contribution in [1.82, 2.24) is 0 Å². The van der Waals surface area contributed by atoms with E-state index in [1.165, 1.54) is 0 Å². The highest BCUT2D eigenvalue weighted by Gasteiger charge is 2.25. The van der Waals surface area contributed by atoms with Crippen LogP contribution in [0.1, 0.15) is 194 Å². The van der Waals surface area contributed by atoms with Gasteiger partial charge in [-0.3, -0.25) is 9.59 Å². The Labute approximate surface area is 470 Å². The molecule has 0 heterocycles. The van der Waals surface area contributed by atoms with E-state index in [0.29, 0.717) is 17.4 Å². The SMILES string of the molecule is CC/C=C\C/C=C\C/C=C\C/C=C\C/C=C\C/C=C\C/C=C\CCCCCCCC(=O)OC(COC(=O)CCCCCCCC/C=C\C/C=C\C/C=C\C/C=C\C/C=C\C/C=C\CC)COC(OCC[N+](C)(C)C)C(=O)O. The van der Waals surface area contributed by atoms with Gasteiger partial charge in [-0.2, -0.15) is 0 Å². The Morgan fingerprint density at radius 2 is 0.701 bits per heavy atom. The average molecular weight is 1070 g/mol. The summed E-state index contributed by atoms with van der Waals surface area (Å²) in [4.78, 5) is 37.5. The largest absolute Gasteiger partial charge is 0.477 e. The first-order valence-electron chi connectivity index (χ1n) is 29.6. The van der Waals surface area contributed by atoms with E-state index in [4.69, 9.17) is 18.9 Å². The van der Waals surface area contributed by atoms with Gasteiger partial charge in [-0.25, -0.2) is 4.79 Å². The Morgan fingerprint density at radius 1 is 0.390 bits per heavy atom. The molecule has 0 aromatic carbocycles. The topological polar surface area (TPSA) is 108 Å². The van der Waals surface area contributed by atoms with E-state index < -0.39 is 24.3 Å². The van der Waals surface area contributed by atoms with Crippen LogP contribution in [0.25, 0.3) is 0 Å². The molecule has 0 aliphatic heterocycles. The first-order valence-corrected chi connectivity index (χ1v) is 29.6. The van der Waals surface area contributed by atoms with Gasteiger partial charge in [0.05, 0.1) is 34.4 Å². The quantitative estimate of drug-likeness (QED) is 0.0211. The van der Waals surface area contributed by atoms with Crippen LogP contribution in [0, 0.1) is 0 Å². The number of allylic oxidation sites excluding steroid dienone is 26. The molecular weight excluding hydrogens is 959 g/mol. The monoisotopic (exact) mass is 1070 g/mol. The van der Waals surface area contributed by atoms with Crippen molar-refractivity contribution in [3.63, 3.8) is 0 Å². The lowest BCUT2D eigenvalue weighted by Crippen LogP contribution is -2.40. The van der Waals surface area contributed by atoms with E-state index in [2.05, 4.69) is 172 Å². The molecule has 2 atom stereocenters. The molecule has 9 heteroatoms. The van der Waals surface area contributed by atoms with Crippen LogP contribution >= 0.6 is 0 Å². The fourth-order valence-electron chi connectivity index (χ4n) is 7.29. The minimum absolute atomic E-state index is 0.171. The van der Waals surface area contributed by atoms with Crippen molar-refractivity contribution in [1.29, 1.82) is 0 Å². The van der Waals surface area contributed by atoms with Crippen molar-refractivity contribution < 1.29 is 42.9 Å². The number of ether oxygens (including phenoxy) is 4. The van der Waals surface area contributed by atoms with Crippen LogP contribution in [0.3, 0.4) is 0 Å². The molecule has 0 amide bonds. The van der Waals surface area contributed by atoms with E-state index in [9.17, 15) is 19.5 Å². The number of likely N-dealkylation sites (N-methyl/N-ethyl adjacent to an activating group) is 1. The maximum Gasteiger partial charge on any atom is 0.361 e. The first kappa shape index (κ1) is 71.9. The standard InChI is InChI=1S/C68H107NO8/c1-6-8-10-12-14-16-18-20-22-24-26-28-30-32-33-35-37-39-41-43-45-47-49-51-53-55-57-59-66(71)77-64(63-76-68(67(72)73)74-61-60-69(3,4)5)62-75-65(70)58-56-54-52-50-48-46-44-42-40-38-36-34-31-29-27-25-23-21-19-17-15-13-11-9-7-2/h8-11,14-17,20-23,26-29,32-34,36-37,39-40,42-43,45,64,68H,6-7,12-13,18-19,24-25,30-31,35,38,41,44,46-63H2,1-5H3/p+1/b10-8-,11-9-,16-14-,17-15-,22-20-,23-21-,28-26-,29-27-,33-32-,36-34-,39-37-,42-40-,45-43-. The van der Waals surface area contributed by atoms with Gasteiger partial charge in [0.25, 0.3) is 6.29 Å². The highest BCUT2D eigenvalue weighted by molar-refractivity contribution is 5.71. The number of unbranched alkanes of at least 4 members (excludes halogenated alkanes) is 11. The van der Waals surface area contributed by atoms with Gasteiger partial charge in [0.15, 0.2) is 6.10 Å². The third kappa shape index (κ3) is 58.4. The minimum atomic E-state index is -1.53. The lowest BCUT2D eigenvalue weighted by molar-refractivity contribution is -0.870. The molecule has 0 aromatic rings.